The third-order valence-corrected chi connectivity index (χ3v) is 26.2. The number of carbonyl (C=O) groups excluding carboxylic acids is 1. The lowest BCUT2D eigenvalue weighted by Crippen LogP contribution is -2.37. The molecule has 5 aliphatic rings. The number of benzene rings is 10. The number of fused-ring (bicyclic) bond motifs is 5. The number of ether oxygens (including phenoxy) is 5. The molecule has 0 atom stereocenters. The highest BCUT2D eigenvalue weighted by Crippen LogP contribution is 2.38. The molecule has 5 aliphatic heterocycles. The second-order valence-corrected chi connectivity index (χ2v) is 36.7. The number of aromatic hydroxyl groups is 3. The topological polar surface area (TPSA) is 378 Å². The second-order valence-electron chi connectivity index (χ2n) is 36.7. The van der Waals surface area contributed by atoms with Crippen LogP contribution in [0.1, 0.15) is 45.9 Å². The van der Waals surface area contributed by atoms with Gasteiger partial charge in [0.1, 0.15) is 84.9 Å². The maximum absolute atomic E-state index is 14.0. The van der Waals surface area contributed by atoms with Crippen LogP contribution in [0.3, 0.4) is 0 Å². The van der Waals surface area contributed by atoms with Gasteiger partial charge in [-0.1, -0.05) is 200 Å². The predicted octanol–water partition coefficient (Wildman–Crippen LogP) is 15.8. The van der Waals surface area contributed by atoms with Crippen molar-refractivity contribution in [1.82, 2.24) is 97.6 Å². The minimum atomic E-state index is -0.534. The van der Waals surface area contributed by atoms with Crippen molar-refractivity contribution in [2.45, 2.75) is 52.7 Å². The molecule has 35 nitrogen and oxygen atoms in total. The molecule has 0 amide bonds. The quantitative estimate of drug-likeness (QED) is 0.0462. The highest BCUT2D eigenvalue weighted by molar-refractivity contribution is 5.94. The van der Waals surface area contributed by atoms with Crippen molar-refractivity contribution in [3.05, 3.63) is 343 Å². The Labute approximate surface area is 862 Å². The van der Waals surface area contributed by atoms with Gasteiger partial charge in [0.15, 0.2) is 28.2 Å². The number of rotatable bonds is 23. The van der Waals surface area contributed by atoms with E-state index >= 15 is 0 Å². The first kappa shape index (κ1) is 98.7. The summed E-state index contributed by atoms with van der Waals surface area (Å²) in [5.41, 5.74) is 22.7. The first-order valence-corrected chi connectivity index (χ1v) is 50.1. The SMILES string of the molecule is CC(=O)Cc1cccc(-c2nc(N3CCOCC3)nc3c2ncn3Cc2ccccc2)c1.OCc1cccc(-c2nc(N3CCOCC3)nc3c2ncn3Cc2ccccc2)c1.Oc1cc(F)cc(-c2nc(N3CCOCC3)nc3c2ncn3Cc2ccccc2)c1.Oc1ccc(-c2nc(N3CCOCC3)nc3c2ncn3Cc2ccccc2)cc1.Oc1cccc(-c2nc(N3CCOCC3)nc3c2ncn3Cc2ccccc2)c1. The van der Waals surface area contributed by atoms with Crippen molar-refractivity contribution in [3.8, 4) is 73.5 Å². The van der Waals surface area contributed by atoms with Gasteiger partial charge < -0.3 is 91.4 Å². The Morgan fingerprint density at radius 2 is 0.527 bits per heavy atom. The molecule has 36 heteroatoms. The van der Waals surface area contributed by atoms with Crippen molar-refractivity contribution in [3.63, 3.8) is 0 Å². The highest BCUT2D eigenvalue weighted by atomic mass is 19.1. The van der Waals surface area contributed by atoms with Crippen molar-refractivity contribution >= 4 is 91.3 Å². The molecule has 0 saturated carbocycles. The largest absolute Gasteiger partial charge is 0.508 e. The molecule has 5 fully saturated rings. The number of halogens is 1. The van der Waals surface area contributed by atoms with Crippen LogP contribution >= 0.6 is 0 Å². The van der Waals surface area contributed by atoms with Crippen molar-refractivity contribution < 1.29 is 53.3 Å². The first-order chi connectivity index (χ1) is 73.7. The summed E-state index contributed by atoms with van der Waals surface area (Å²) in [4.78, 5) is 94.0. The van der Waals surface area contributed by atoms with Gasteiger partial charge in [-0.05, 0) is 107 Å². The van der Waals surface area contributed by atoms with Gasteiger partial charge in [-0.15, -0.1) is 0 Å². The van der Waals surface area contributed by atoms with E-state index < -0.39 is 5.82 Å². The monoisotopic (exact) mass is 2010 g/mol. The number of phenolic OH excluding ortho intramolecular Hbond substituents is 3. The van der Waals surface area contributed by atoms with E-state index in [-0.39, 0.29) is 29.6 Å². The number of aliphatic hydroxyl groups excluding tert-OH is 1. The van der Waals surface area contributed by atoms with Crippen LogP contribution in [0.25, 0.3) is 112 Å². The van der Waals surface area contributed by atoms with E-state index in [2.05, 4.69) is 102 Å². The first-order valence-electron chi connectivity index (χ1n) is 50.1. The normalized spacial score (nSPS) is 14.3. The highest BCUT2D eigenvalue weighted by Gasteiger charge is 2.29. The van der Waals surface area contributed by atoms with Crippen LogP contribution in [0, 0.1) is 5.82 Å². The molecule has 758 valence electrons. The Hall–Kier alpha value is -17.3. The number of Topliss-reactive ketones (excluding diaryl/α,β-unsaturated/α-hetero) is 1. The van der Waals surface area contributed by atoms with E-state index in [9.17, 15) is 29.6 Å². The van der Waals surface area contributed by atoms with Crippen LogP contribution in [0.5, 0.6) is 17.2 Å². The van der Waals surface area contributed by atoms with E-state index in [4.69, 9.17) is 78.5 Å². The summed E-state index contributed by atoms with van der Waals surface area (Å²) in [6.07, 6.45) is 9.41. The Bertz CT molecular complexity index is 8000. The van der Waals surface area contributed by atoms with Gasteiger partial charge in [-0.25, -0.2) is 54.2 Å². The molecule has 0 radical (unpaired) electrons. The zero-order chi connectivity index (χ0) is 102. The standard InChI is InChI=1S/C25H25N5O2.C23H23N5O2.C22H20FN5O2.2C22H21N5O2/c1-18(31)14-20-8-5-9-21(15-20)22-23-24(28-25(27-22)29-10-12-32-13-11-29)30(17-26-23)16-19-6-3-2-4-7-19;29-15-18-7-4-8-19(13-18)20-21-22(26-23(25-20)27-9-11-30-12-10-27)28(16-24-21)14-17-5-2-1-3-6-17;23-17-10-16(11-18(29)12-17)19-20-21(26-22(25-19)27-6-8-30-9-7-27)28(14-24-20)13-15-4-2-1-3-5-15;28-18-8-4-7-17(13-18)19-20-21(25-22(24-19)26-9-11-29-12-10-26)27(15-23-20)14-16-5-2-1-3-6-16;28-18-8-6-17(7-9-18)19-20-21(25-22(24-19)26-10-12-29-13-11-26)27(15-23-20)14-16-4-2-1-3-5-16/h2-9,15,17H,10-14,16H2,1H3;1-8,13,16,29H,9-12,14-15H2;1-5,10-12,14,29H,6-9,13H2;1-8,13,15,28H,9-12,14H2;1-9,15,28H,10-14H2. The third kappa shape index (κ3) is 23.5. The fourth-order valence-corrected chi connectivity index (χ4v) is 18.6. The zero-order valence-electron chi connectivity index (χ0n) is 82.7. The molecule has 15 heterocycles. The summed E-state index contributed by atoms with van der Waals surface area (Å²) in [5, 5.41) is 39.1. The molecule has 4 N–H and O–H groups in total. The molecule has 0 spiro atoms. The summed E-state index contributed by atoms with van der Waals surface area (Å²) in [6, 6.07) is 85.0. The van der Waals surface area contributed by atoms with E-state index in [1.54, 1.807) is 37.5 Å². The number of nitrogens with zero attached hydrogens (tertiary/aromatic N) is 25. The number of carbonyl (C=O) groups is 1. The summed E-state index contributed by atoms with van der Waals surface area (Å²) < 4.78 is 51.6. The molecule has 0 aliphatic carbocycles. The average Bonchev–Trinajstić information content (AvgIpc) is 1.61. The van der Waals surface area contributed by atoms with Crippen LogP contribution in [0.4, 0.5) is 34.1 Å². The van der Waals surface area contributed by atoms with Crippen molar-refractivity contribution in [1.29, 1.82) is 0 Å². The second kappa shape index (κ2) is 46.6. The number of anilines is 5. The summed E-state index contributed by atoms with van der Waals surface area (Å²) in [6.45, 7) is 18.8. The molecule has 5 saturated heterocycles. The van der Waals surface area contributed by atoms with Gasteiger partial charge >= 0.3 is 0 Å². The van der Waals surface area contributed by atoms with Crippen LogP contribution in [0.15, 0.2) is 299 Å². The lowest BCUT2D eigenvalue weighted by molar-refractivity contribution is -0.116. The van der Waals surface area contributed by atoms with E-state index in [0.717, 1.165) is 165 Å². The van der Waals surface area contributed by atoms with E-state index in [1.807, 2.05) is 215 Å². The number of hydrogen-bond acceptors (Lipinski definition) is 30. The smallest absolute Gasteiger partial charge is 0.228 e. The third-order valence-electron chi connectivity index (χ3n) is 26.2. The number of morpholine rings is 5. The minimum absolute atomic E-state index is 0.0131. The van der Waals surface area contributed by atoms with Gasteiger partial charge in [-0.2, -0.15) is 24.9 Å². The number of ketones is 1. The Morgan fingerprint density at radius 1 is 0.267 bits per heavy atom. The molecular weight excluding hydrogens is 1900 g/mol. The van der Waals surface area contributed by atoms with Gasteiger partial charge in [0, 0.05) is 106 Å². The van der Waals surface area contributed by atoms with Crippen molar-refractivity contribution in [2.75, 3.05) is 156 Å². The summed E-state index contributed by atoms with van der Waals surface area (Å²) in [5.74, 6) is 3.12. The van der Waals surface area contributed by atoms with Gasteiger partial charge in [0.2, 0.25) is 29.7 Å². The van der Waals surface area contributed by atoms with Gasteiger partial charge in [0.25, 0.3) is 0 Å². The van der Waals surface area contributed by atoms with Crippen LogP contribution in [-0.2, 0) is 74.2 Å². The molecule has 10 aromatic carbocycles. The number of phenols is 3. The molecule has 25 rings (SSSR count). The number of hydrogen-bond donors (Lipinski definition) is 4. The molecule has 0 unspecified atom stereocenters. The summed E-state index contributed by atoms with van der Waals surface area (Å²) >= 11 is 0. The Morgan fingerprint density at radius 3 is 0.813 bits per heavy atom. The fraction of sp³-hybridized carbons (Fsp3) is 0.246. The number of imidazole rings is 5. The Kier molecular flexibility index (Phi) is 30.7. The van der Waals surface area contributed by atoms with Crippen molar-refractivity contribution in [2.24, 2.45) is 0 Å². The Balaban J connectivity index is 0.000000110. The van der Waals surface area contributed by atoms with Crippen LogP contribution in [-0.4, -0.2) is 255 Å². The van der Waals surface area contributed by atoms with Crippen LogP contribution < -0.4 is 24.5 Å². The molecule has 150 heavy (non-hydrogen) atoms. The number of aromatic nitrogens is 20. The molecule has 10 aromatic heterocycles. The fourth-order valence-electron chi connectivity index (χ4n) is 18.6. The van der Waals surface area contributed by atoms with E-state index in [0.29, 0.717) is 170 Å². The average molecular weight is 2010 g/mol. The van der Waals surface area contributed by atoms with E-state index in [1.165, 1.54) is 34.4 Å². The predicted molar refractivity (Wildman–Crippen MR) is 572 cm³/mol. The maximum atomic E-state index is 14.0. The zero-order valence-corrected chi connectivity index (χ0v) is 82.7. The summed E-state index contributed by atoms with van der Waals surface area (Å²) in [7, 11) is 0. The molecular formula is C114H110FN25O10. The maximum Gasteiger partial charge on any atom is 0.228 e. The lowest BCUT2D eigenvalue weighted by atomic mass is 10.0. The minimum Gasteiger partial charge on any atom is -0.508 e. The molecule has 20 aromatic rings. The molecule has 0 bridgehead atoms. The van der Waals surface area contributed by atoms with Crippen LogP contribution in [0.2, 0.25) is 0 Å². The van der Waals surface area contributed by atoms with Gasteiger partial charge in [0.05, 0.1) is 137 Å². The van der Waals surface area contributed by atoms with Gasteiger partial charge in [-0.3, -0.25) is 4.79 Å². The lowest BCUT2D eigenvalue weighted by Gasteiger charge is -2.27. The number of aliphatic hydroxyl groups is 1.